The van der Waals surface area contributed by atoms with Gasteiger partial charge in [0.25, 0.3) is 5.56 Å². The predicted octanol–water partition coefficient (Wildman–Crippen LogP) is 5.86. The van der Waals surface area contributed by atoms with Gasteiger partial charge in [0, 0.05) is 37.9 Å². The van der Waals surface area contributed by atoms with Gasteiger partial charge in [0.1, 0.15) is 5.82 Å². The molecule has 3 aromatic rings. The second-order valence-electron chi connectivity index (χ2n) is 14.2. The molecule has 1 aromatic heterocycles. The number of piperazine rings is 1. The first-order chi connectivity index (χ1) is 20.5. The van der Waals surface area contributed by atoms with Gasteiger partial charge in [-0.2, -0.15) is 0 Å². The zero-order chi connectivity index (χ0) is 30.5. The van der Waals surface area contributed by atoms with Crippen LogP contribution in [0.1, 0.15) is 58.6 Å². The lowest BCUT2D eigenvalue weighted by atomic mass is 9.45. The number of aromatic nitrogens is 2. The van der Waals surface area contributed by atoms with Gasteiger partial charge in [0.2, 0.25) is 0 Å². The molecular formula is C35H47FN6O. The molecule has 230 valence electrons. The second-order valence-corrected chi connectivity index (χ2v) is 14.2. The Balaban J connectivity index is 1.24. The van der Waals surface area contributed by atoms with Crippen molar-refractivity contribution in [3.63, 3.8) is 0 Å². The van der Waals surface area contributed by atoms with E-state index in [1.54, 1.807) is 17.0 Å². The summed E-state index contributed by atoms with van der Waals surface area (Å²) in [6.07, 6.45) is 4.48. The summed E-state index contributed by atoms with van der Waals surface area (Å²) >= 11 is 0. The Hall–Kier alpha value is -3.26. The lowest BCUT2D eigenvalue weighted by Crippen LogP contribution is -2.58. The summed E-state index contributed by atoms with van der Waals surface area (Å²) in [7, 11) is 0. The summed E-state index contributed by atoms with van der Waals surface area (Å²) in [5.74, 6) is 3.23. The third-order valence-electron chi connectivity index (χ3n) is 10.8. The van der Waals surface area contributed by atoms with Gasteiger partial charge in [-0.1, -0.05) is 46.8 Å². The molecule has 43 heavy (non-hydrogen) atoms. The summed E-state index contributed by atoms with van der Waals surface area (Å²) in [4.78, 5) is 25.8. The molecule has 7 rings (SSSR count). The van der Waals surface area contributed by atoms with E-state index in [1.165, 1.54) is 12.5 Å². The van der Waals surface area contributed by atoms with Crippen molar-refractivity contribution in [1.29, 1.82) is 0 Å². The molecule has 2 bridgehead atoms. The highest BCUT2D eigenvalue weighted by atomic mass is 19.1. The lowest BCUT2D eigenvalue weighted by Gasteiger charge is -2.61. The van der Waals surface area contributed by atoms with E-state index in [0.29, 0.717) is 58.8 Å². The van der Waals surface area contributed by atoms with Crippen LogP contribution in [0.5, 0.6) is 0 Å². The Kier molecular flexibility index (Phi) is 8.09. The van der Waals surface area contributed by atoms with Crippen molar-refractivity contribution in [2.24, 2.45) is 34.1 Å². The fraction of sp³-hybridized carbons (Fsp3) is 0.571. The maximum atomic E-state index is 14.3. The fourth-order valence-corrected chi connectivity index (χ4v) is 7.68. The molecule has 7 nitrogen and oxygen atoms in total. The molecule has 3 aliphatic carbocycles. The van der Waals surface area contributed by atoms with E-state index in [2.05, 4.69) is 55.1 Å². The van der Waals surface area contributed by atoms with Crippen LogP contribution in [-0.2, 0) is 13.0 Å². The molecule has 4 aliphatic rings. The predicted molar refractivity (Wildman–Crippen MR) is 173 cm³/mol. The van der Waals surface area contributed by atoms with E-state index in [0.717, 1.165) is 55.1 Å². The third-order valence-corrected chi connectivity index (χ3v) is 10.8. The summed E-state index contributed by atoms with van der Waals surface area (Å²) in [6.45, 7) is 16.8. The van der Waals surface area contributed by atoms with Crippen LogP contribution in [0.2, 0.25) is 0 Å². The van der Waals surface area contributed by atoms with Crippen LogP contribution in [-0.4, -0.2) is 52.1 Å². The van der Waals surface area contributed by atoms with Crippen LogP contribution in [0.4, 0.5) is 10.1 Å². The molecule has 0 radical (unpaired) electrons. The van der Waals surface area contributed by atoms with Crippen LogP contribution in [0.3, 0.4) is 0 Å². The Morgan fingerprint density at radius 1 is 1.21 bits per heavy atom. The molecule has 0 amide bonds. The van der Waals surface area contributed by atoms with Crippen molar-refractivity contribution >= 4 is 22.5 Å². The average molecular weight is 587 g/mol. The van der Waals surface area contributed by atoms with Gasteiger partial charge in [-0.3, -0.25) is 9.36 Å². The van der Waals surface area contributed by atoms with Crippen molar-refractivity contribution in [2.75, 3.05) is 25.0 Å². The Morgan fingerprint density at radius 2 is 2.02 bits per heavy atom. The number of aliphatic imine (C=N–C) groups is 1. The molecule has 4 fully saturated rings. The smallest absolute Gasteiger partial charge is 0.261 e. The second kappa shape index (κ2) is 11.7. The van der Waals surface area contributed by atoms with E-state index in [4.69, 9.17) is 4.99 Å². The van der Waals surface area contributed by atoms with Crippen LogP contribution in [0.25, 0.3) is 10.9 Å². The summed E-state index contributed by atoms with van der Waals surface area (Å²) in [6, 6.07) is 11.7. The number of rotatable bonds is 6. The first-order valence-corrected chi connectivity index (χ1v) is 16.1. The monoisotopic (exact) mass is 586 g/mol. The molecular weight excluding hydrogens is 539 g/mol. The highest BCUT2D eigenvalue weighted by Crippen LogP contribution is 2.61. The fourth-order valence-electron chi connectivity index (χ4n) is 7.68. The number of benzene rings is 2. The maximum absolute atomic E-state index is 14.3. The minimum atomic E-state index is -0.234. The molecule has 5 atom stereocenters. The van der Waals surface area contributed by atoms with Crippen molar-refractivity contribution in [1.82, 2.24) is 19.8 Å². The standard InChI is InChI=1S/C35H47FN6O/c1-21(2)32-19-41(14-12-37-32)34(40-30-17-25-16-28(23(30)4)35(25,5)6)39-26-9-10-27-31(18-26)38-20-42(33(27)43)13-11-24-8-7-22(3)15-29(24)36/h7-10,15,18,20-21,23,25,28,30,32,37H,11-14,16-17,19H2,1-6H3,(H,39,40)/t23-,25-,28+,30-,32+/m0/s1. The SMILES string of the molecule is Cc1ccc(CCn2cnc3cc(N/C(=N/[C@H]4C[C@@H]5C[C@H]([C@@H]4C)C5(C)C)N4CCN[C@@H](C(C)C)C4)ccc3c2=O)c(F)c1. The van der Waals surface area contributed by atoms with Crippen LogP contribution >= 0.6 is 0 Å². The van der Waals surface area contributed by atoms with Crippen molar-refractivity contribution < 1.29 is 4.39 Å². The van der Waals surface area contributed by atoms with Gasteiger partial charge >= 0.3 is 0 Å². The number of hydrogen-bond acceptors (Lipinski definition) is 4. The van der Waals surface area contributed by atoms with Gasteiger partial charge in [0.15, 0.2) is 5.96 Å². The number of nitrogens with one attached hydrogen (secondary N) is 2. The first-order valence-electron chi connectivity index (χ1n) is 16.1. The molecule has 0 unspecified atom stereocenters. The quantitative estimate of drug-likeness (QED) is 0.280. The van der Waals surface area contributed by atoms with Gasteiger partial charge in [-0.05, 0) is 90.7 Å². The summed E-state index contributed by atoms with van der Waals surface area (Å²) in [5, 5.41) is 7.90. The highest BCUT2D eigenvalue weighted by molar-refractivity contribution is 5.96. The molecule has 1 saturated heterocycles. The van der Waals surface area contributed by atoms with E-state index < -0.39 is 0 Å². The Bertz CT molecular complexity index is 1580. The third kappa shape index (κ3) is 5.83. The lowest BCUT2D eigenvalue weighted by molar-refractivity contribution is -0.108. The summed E-state index contributed by atoms with van der Waals surface area (Å²) in [5.41, 5.74) is 3.31. The Labute approximate surface area is 255 Å². The van der Waals surface area contributed by atoms with E-state index in [9.17, 15) is 9.18 Å². The molecule has 0 spiro atoms. The first kappa shape index (κ1) is 29.8. The van der Waals surface area contributed by atoms with E-state index in [1.807, 2.05) is 31.2 Å². The maximum Gasteiger partial charge on any atom is 0.261 e. The molecule has 3 saturated carbocycles. The van der Waals surface area contributed by atoms with E-state index >= 15 is 0 Å². The number of nitrogens with zero attached hydrogens (tertiary/aromatic N) is 4. The molecule has 2 aromatic carbocycles. The van der Waals surface area contributed by atoms with Crippen molar-refractivity contribution in [3.8, 4) is 0 Å². The molecule has 8 heteroatoms. The highest BCUT2D eigenvalue weighted by Gasteiger charge is 2.56. The van der Waals surface area contributed by atoms with Crippen molar-refractivity contribution in [2.45, 2.75) is 79.4 Å². The number of aryl methyl sites for hydroxylation is 3. The molecule has 2 heterocycles. The van der Waals surface area contributed by atoms with Gasteiger partial charge in [-0.15, -0.1) is 0 Å². The number of guanidine groups is 1. The van der Waals surface area contributed by atoms with Gasteiger partial charge < -0.3 is 15.5 Å². The van der Waals surface area contributed by atoms with Gasteiger partial charge in [-0.25, -0.2) is 14.4 Å². The molecule has 2 N–H and O–H groups in total. The van der Waals surface area contributed by atoms with Crippen LogP contribution in [0, 0.1) is 41.8 Å². The number of hydrogen-bond donors (Lipinski definition) is 2. The molecule has 1 aliphatic heterocycles. The normalized spacial score (nSPS) is 26.9. The number of anilines is 1. The number of halogens is 1. The summed E-state index contributed by atoms with van der Waals surface area (Å²) < 4.78 is 15.9. The topological polar surface area (TPSA) is 74.6 Å². The minimum absolute atomic E-state index is 0.113. The largest absolute Gasteiger partial charge is 0.340 e. The zero-order valence-electron chi connectivity index (χ0n) is 26.5. The Morgan fingerprint density at radius 3 is 2.74 bits per heavy atom. The van der Waals surface area contributed by atoms with Crippen LogP contribution < -0.4 is 16.2 Å². The average Bonchev–Trinajstić information content (AvgIpc) is 2.98. The van der Waals surface area contributed by atoms with E-state index in [-0.39, 0.29) is 11.4 Å². The minimum Gasteiger partial charge on any atom is -0.340 e. The van der Waals surface area contributed by atoms with Crippen molar-refractivity contribution in [3.05, 3.63) is 70.0 Å². The zero-order valence-corrected chi connectivity index (χ0v) is 26.5. The number of fused-ring (bicyclic) bond motifs is 3. The van der Waals surface area contributed by atoms with Crippen LogP contribution in [0.15, 0.2) is 52.5 Å². The van der Waals surface area contributed by atoms with Gasteiger partial charge in [0.05, 0.1) is 23.3 Å².